The van der Waals surface area contributed by atoms with Crippen LogP contribution in [0.5, 0.6) is 0 Å². The van der Waals surface area contributed by atoms with Crippen molar-refractivity contribution < 1.29 is 17.9 Å². The molecular formula is C35H47ClN2O4S. The highest BCUT2D eigenvalue weighted by atomic mass is 35.5. The van der Waals surface area contributed by atoms with E-state index in [2.05, 4.69) is 41.0 Å². The fraction of sp³-hybridized carbons (Fsp3) is 0.629. The van der Waals surface area contributed by atoms with Crippen molar-refractivity contribution in [3.63, 3.8) is 0 Å². The van der Waals surface area contributed by atoms with E-state index in [0.717, 1.165) is 50.2 Å². The lowest BCUT2D eigenvalue weighted by Gasteiger charge is -2.44. The molecule has 0 aromatic heterocycles. The van der Waals surface area contributed by atoms with Gasteiger partial charge >= 0.3 is 0 Å². The van der Waals surface area contributed by atoms with Gasteiger partial charge < -0.3 is 9.64 Å². The Hall–Kier alpha value is -1.93. The van der Waals surface area contributed by atoms with E-state index in [4.69, 9.17) is 16.3 Å². The summed E-state index contributed by atoms with van der Waals surface area (Å²) in [5, 5.41) is 0.207. The molecule has 2 heterocycles. The van der Waals surface area contributed by atoms with E-state index in [0.29, 0.717) is 49.2 Å². The number of benzene rings is 1. The van der Waals surface area contributed by atoms with Crippen LogP contribution in [0.2, 0.25) is 5.02 Å². The number of hydrogen-bond donors (Lipinski definition) is 1. The monoisotopic (exact) mass is 626 g/mol. The Morgan fingerprint density at radius 1 is 1.14 bits per heavy atom. The van der Waals surface area contributed by atoms with Crippen molar-refractivity contribution in [1.82, 2.24) is 9.62 Å². The van der Waals surface area contributed by atoms with Gasteiger partial charge in [0, 0.05) is 29.1 Å². The van der Waals surface area contributed by atoms with Crippen molar-refractivity contribution in [2.24, 2.45) is 23.7 Å². The summed E-state index contributed by atoms with van der Waals surface area (Å²) in [7, 11) is -1.56. The lowest BCUT2D eigenvalue weighted by atomic mass is 9.69. The Morgan fingerprint density at radius 2 is 1.98 bits per heavy atom. The highest BCUT2D eigenvalue weighted by Crippen LogP contribution is 2.42. The Labute approximate surface area is 263 Å². The number of nitrogens with zero attached hydrogens (tertiary/aromatic N) is 1. The lowest BCUT2D eigenvalue weighted by Crippen LogP contribution is -2.48. The first kappa shape index (κ1) is 31.1. The molecule has 8 heteroatoms. The number of allylic oxidation sites excluding steroid dienone is 2. The van der Waals surface area contributed by atoms with Gasteiger partial charge in [0.15, 0.2) is 0 Å². The summed E-state index contributed by atoms with van der Waals surface area (Å²) >= 11 is 6.42. The summed E-state index contributed by atoms with van der Waals surface area (Å²) in [6.45, 7) is 4.57. The van der Waals surface area contributed by atoms with Crippen molar-refractivity contribution in [3.05, 3.63) is 70.3 Å². The molecule has 1 aromatic rings. The Bertz CT molecular complexity index is 1400. The van der Waals surface area contributed by atoms with Crippen molar-refractivity contribution in [2.75, 3.05) is 26.7 Å². The number of nitrogens with one attached hydrogen (secondary N) is 1. The summed E-state index contributed by atoms with van der Waals surface area (Å²) in [5.41, 5.74) is 2.91. The number of hydrogen-bond acceptors (Lipinski definition) is 5. The Morgan fingerprint density at radius 3 is 2.70 bits per heavy atom. The normalized spacial score (nSPS) is 36.1. The van der Waals surface area contributed by atoms with E-state index in [1.165, 1.54) is 24.0 Å². The zero-order valence-corrected chi connectivity index (χ0v) is 27.2. The Kier molecular flexibility index (Phi) is 9.26. The fourth-order valence-corrected chi connectivity index (χ4v) is 9.82. The average molecular weight is 627 g/mol. The molecule has 6 aliphatic rings. The van der Waals surface area contributed by atoms with Crippen LogP contribution in [0.15, 0.2) is 54.2 Å². The van der Waals surface area contributed by atoms with Gasteiger partial charge in [-0.1, -0.05) is 67.8 Å². The number of likely N-dealkylation sites (N-methyl/N-ethyl adjacent to an activating group) is 1. The predicted octanol–water partition coefficient (Wildman–Crippen LogP) is 6.35. The van der Waals surface area contributed by atoms with Gasteiger partial charge in [-0.3, -0.25) is 4.79 Å². The minimum absolute atomic E-state index is 0.0673. The van der Waals surface area contributed by atoms with Gasteiger partial charge in [0.1, 0.15) is 0 Å². The topological polar surface area (TPSA) is 75.7 Å². The number of carbonyl (C=O) groups is 1. The van der Waals surface area contributed by atoms with Crippen molar-refractivity contribution >= 4 is 27.5 Å². The molecule has 1 spiro atoms. The molecule has 2 saturated carbocycles. The molecular weight excluding hydrogens is 580 g/mol. The highest BCUT2D eigenvalue weighted by molar-refractivity contribution is 7.90. The number of halogens is 1. The van der Waals surface area contributed by atoms with Gasteiger partial charge in [0.05, 0.1) is 18.0 Å². The molecule has 1 aromatic carbocycles. The second kappa shape index (κ2) is 12.8. The van der Waals surface area contributed by atoms with E-state index in [-0.39, 0.29) is 17.4 Å². The minimum atomic E-state index is -3.81. The van der Waals surface area contributed by atoms with E-state index in [9.17, 15) is 13.2 Å². The van der Waals surface area contributed by atoms with Crippen LogP contribution in [0.4, 0.5) is 0 Å². The summed E-state index contributed by atoms with van der Waals surface area (Å²) in [6, 6.07) is 6.34. The number of carbonyl (C=O) groups excluding carboxylic acids is 1. The quantitative estimate of drug-likeness (QED) is 0.387. The molecule has 7 rings (SSSR count). The third-order valence-electron chi connectivity index (χ3n) is 10.7. The lowest BCUT2D eigenvalue weighted by molar-refractivity contribution is -0.115. The second-order valence-corrected chi connectivity index (χ2v) is 16.4. The third kappa shape index (κ3) is 7.16. The van der Waals surface area contributed by atoms with Crippen LogP contribution in [-0.2, 0) is 31.4 Å². The van der Waals surface area contributed by atoms with Crippen molar-refractivity contribution in [2.45, 2.75) is 87.9 Å². The first-order valence-electron chi connectivity index (χ1n) is 16.3. The maximum absolute atomic E-state index is 13.5. The van der Waals surface area contributed by atoms with Gasteiger partial charge in [-0.25, -0.2) is 13.1 Å². The van der Waals surface area contributed by atoms with E-state index in [1.54, 1.807) is 6.08 Å². The van der Waals surface area contributed by atoms with Crippen molar-refractivity contribution in [3.8, 4) is 0 Å². The van der Waals surface area contributed by atoms with Gasteiger partial charge in [-0.15, -0.1) is 0 Å². The van der Waals surface area contributed by atoms with Crippen LogP contribution >= 0.6 is 11.6 Å². The first-order valence-corrected chi connectivity index (χ1v) is 18.2. The Balaban J connectivity index is 1.27. The second-order valence-electron chi connectivity index (χ2n) is 14.1. The molecule has 234 valence electrons. The predicted molar refractivity (Wildman–Crippen MR) is 172 cm³/mol. The molecule has 6 nitrogen and oxygen atoms in total. The van der Waals surface area contributed by atoms with Crippen LogP contribution < -0.4 is 4.72 Å². The number of aryl methyl sites for hydroxylation is 1. The van der Waals surface area contributed by atoms with E-state index >= 15 is 0 Å². The number of sulfonamides is 1. The van der Waals surface area contributed by atoms with Crippen LogP contribution in [0.3, 0.4) is 0 Å². The van der Waals surface area contributed by atoms with Crippen LogP contribution in [0, 0.1) is 23.7 Å². The third-order valence-corrected chi connectivity index (χ3v) is 12.8. The molecule has 1 N–H and O–H groups in total. The van der Waals surface area contributed by atoms with Gasteiger partial charge in [-0.05, 0) is 105 Å². The van der Waals surface area contributed by atoms with Gasteiger partial charge in [-0.2, -0.15) is 0 Å². The van der Waals surface area contributed by atoms with Crippen LogP contribution in [0.1, 0.15) is 75.8 Å². The molecule has 5 unspecified atom stereocenters. The molecule has 2 fully saturated rings. The highest BCUT2D eigenvalue weighted by Gasteiger charge is 2.41. The molecule has 43 heavy (non-hydrogen) atoms. The largest absolute Gasteiger partial charge is 0.373 e. The summed E-state index contributed by atoms with van der Waals surface area (Å²) in [4.78, 5) is 15.7. The number of amides is 1. The first-order chi connectivity index (χ1) is 20.6. The standard InChI is InChI=1S/C35H47ClN2O4S/c1-24-5-3-6-26-10-11-29(26)21-38(2)22-35(18-4-7-28-20-30(36)14-17-32(28)35)23-42-31-15-12-27(13-16-31)34(39)37-43(40,41)33(24)19-25-8-9-25/h3,6,12-15,17,20,24-26,29,31,33H,4-5,7-11,16,18-19,21-23H2,1-2H3,(H,37,39)/b6-3-/t24?,26?,29?,31?,33?,35-/m0/s1. The van der Waals surface area contributed by atoms with E-state index in [1.807, 2.05) is 25.1 Å². The maximum atomic E-state index is 13.5. The number of ether oxygens (including phenoxy) is 1. The summed E-state index contributed by atoms with van der Waals surface area (Å²) in [5.74, 6) is 0.964. The summed E-state index contributed by atoms with van der Waals surface area (Å²) < 4.78 is 36.1. The van der Waals surface area contributed by atoms with Crippen LogP contribution in [-0.4, -0.2) is 57.3 Å². The van der Waals surface area contributed by atoms with E-state index < -0.39 is 21.2 Å². The smallest absolute Gasteiger partial charge is 0.264 e. The molecule has 2 aliphatic heterocycles. The zero-order valence-electron chi connectivity index (χ0n) is 25.6. The average Bonchev–Trinajstić information content (AvgIpc) is 3.79. The molecule has 0 radical (unpaired) electrons. The van der Waals surface area contributed by atoms with Crippen molar-refractivity contribution in [1.29, 1.82) is 0 Å². The zero-order chi connectivity index (χ0) is 30.2. The van der Waals surface area contributed by atoms with Crippen LogP contribution in [0.25, 0.3) is 0 Å². The molecule has 4 aliphatic carbocycles. The summed E-state index contributed by atoms with van der Waals surface area (Å²) in [6.07, 6.45) is 19.4. The van der Waals surface area contributed by atoms with Gasteiger partial charge in [0.2, 0.25) is 10.0 Å². The number of rotatable bonds is 2. The minimum Gasteiger partial charge on any atom is -0.373 e. The number of fused-ring (bicyclic) bond motifs is 11. The SMILES string of the molecule is CC1C/C=C\C2CCC2CN(C)C[C@@]2(CCCc3cc(Cl)ccc32)COC2C=CC(=CC2)C(=O)NS(=O)(=O)C1CC1CC1. The van der Waals surface area contributed by atoms with Gasteiger partial charge in [0.25, 0.3) is 5.91 Å². The maximum Gasteiger partial charge on any atom is 0.264 e. The molecule has 1 amide bonds. The molecule has 0 saturated heterocycles. The fourth-order valence-electron chi connectivity index (χ4n) is 7.84. The molecule has 6 atom stereocenters. The molecule has 2 bridgehead atoms.